The van der Waals surface area contributed by atoms with E-state index in [-0.39, 0.29) is 0 Å². The van der Waals surface area contributed by atoms with Crippen LogP contribution in [0, 0.1) is 0 Å². The first-order chi connectivity index (χ1) is 7.19. The molecule has 0 spiro atoms. The molecule has 1 heterocycles. The molecule has 0 aliphatic heterocycles. The van der Waals surface area contributed by atoms with E-state index in [4.69, 9.17) is 11.9 Å². The van der Waals surface area contributed by atoms with Crippen LogP contribution in [0.5, 0.6) is 0 Å². The van der Waals surface area contributed by atoms with Crippen molar-refractivity contribution in [1.29, 1.82) is 0 Å². The zero-order valence-corrected chi connectivity index (χ0v) is 9.03. The molecule has 0 saturated heterocycles. The molecule has 0 amide bonds. The van der Waals surface area contributed by atoms with Gasteiger partial charge in [0.25, 0.3) is 0 Å². The number of nitrogens with zero attached hydrogens (tertiary/aromatic N) is 1. The van der Waals surface area contributed by atoms with Gasteiger partial charge in [-0.3, -0.25) is 0 Å². The molecule has 1 radical (unpaired) electrons. The summed E-state index contributed by atoms with van der Waals surface area (Å²) in [6.45, 7) is 7.49. The van der Waals surface area contributed by atoms with Gasteiger partial charge in [0.05, 0.1) is 0 Å². The zero-order valence-electron chi connectivity index (χ0n) is 9.03. The van der Waals surface area contributed by atoms with Crippen LogP contribution in [0.25, 0.3) is 5.70 Å². The Kier molecular flexibility index (Phi) is 4.04. The van der Waals surface area contributed by atoms with Crippen LogP contribution < -0.4 is 0 Å². The van der Waals surface area contributed by atoms with Crippen LogP contribution in [0.3, 0.4) is 0 Å². The van der Waals surface area contributed by atoms with Gasteiger partial charge < -0.3 is 0 Å². The van der Waals surface area contributed by atoms with E-state index in [1.165, 1.54) is 5.97 Å². The Hall–Kier alpha value is -1.64. The summed E-state index contributed by atoms with van der Waals surface area (Å²) in [6.07, 6.45) is 5.05. The number of allylic oxidation sites excluding steroid dienone is 2. The molecule has 0 aliphatic rings. The average Bonchev–Trinajstić information content (AvgIpc) is 2.64. The summed E-state index contributed by atoms with van der Waals surface area (Å²) in [5, 5.41) is 0. The number of aliphatic imine (C=N–C) groups is 1. The molecule has 0 aliphatic carbocycles. The zero-order chi connectivity index (χ0) is 11.3. The summed E-state index contributed by atoms with van der Waals surface area (Å²) < 4.78 is 5.34. The summed E-state index contributed by atoms with van der Waals surface area (Å²) in [4.78, 5) is 4.35. The maximum absolute atomic E-state index is 5.47. The molecule has 0 fully saturated rings. The van der Waals surface area contributed by atoms with Crippen LogP contribution in [0.1, 0.15) is 25.2 Å². The van der Waals surface area contributed by atoms with Crippen LogP contribution in [0.4, 0.5) is 0 Å². The Morgan fingerprint density at radius 1 is 1.53 bits per heavy atom. The monoisotopic (exact) mass is 198 g/mol. The Balaban J connectivity index is 3.21. The van der Waals surface area contributed by atoms with Crippen molar-refractivity contribution in [1.82, 2.24) is 0 Å². The first kappa shape index (κ1) is 11.4. The maximum atomic E-state index is 5.47. The molecule has 0 saturated carbocycles. The van der Waals surface area contributed by atoms with E-state index in [1.807, 2.05) is 13.8 Å². The van der Waals surface area contributed by atoms with Crippen molar-refractivity contribution in [2.45, 2.75) is 13.8 Å². The molecule has 1 aromatic heterocycles. The van der Waals surface area contributed by atoms with Crippen LogP contribution >= 0.6 is 0 Å². The van der Waals surface area contributed by atoms with E-state index in [1.54, 1.807) is 24.5 Å². The normalized spacial score (nSPS) is 10.9. The van der Waals surface area contributed by atoms with Gasteiger partial charge in [-0.05, 0) is 0 Å². The predicted octanol–water partition coefficient (Wildman–Crippen LogP) is 2.61. The van der Waals surface area contributed by atoms with Crippen molar-refractivity contribution in [3.63, 3.8) is 0 Å². The molecule has 0 unspecified atom stereocenters. The fourth-order valence-corrected chi connectivity index (χ4v) is 1.17. The minimum absolute atomic E-state index is 0.665. The molecule has 2 nitrogen and oxygen atoms in total. The van der Waals surface area contributed by atoms with E-state index in [0.29, 0.717) is 5.76 Å². The third-order valence-electron chi connectivity index (χ3n) is 1.73. The van der Waals surface area contributed by atoms with E-state index in [0.717, 1.165) is 17.0 Å². The first-order valence-electron chi connectivity index (χ1n) is 4.66. The van der Waals surface area contributed by atoms with Gasteiger partial charge in [0, 0.05) is 0 Å². The van der Waals surface area contributed by atoms with E-state index in [2.05, 4.69) is 11.6 Å². The molecule has 1 aromatic rings. The van der Waals surface area contributed by atoms with Crippen LogP contribution in [-0.2, 0) is 0 Å². The fourth-order valence-electron chi connectivity index (χ4n) is 1.17. The number of rotatable bonds is 4. The average molecular weight is 198 g/mol. The van der Waals surface area contributed by atoms with Gasteiger partial charge in [0.2, 0.25) is 0 Å². The Labute approximate surface area is 91.1 Å². The molecule has 0 N–H and O–H groups in total. The number of hydrogen-bond acceptors (Lipinski definition) is 2. The van der Waals surface area contributed by atoms with E-state index < -0.39 is 0 Å². The molecule has 0 aromatic carbocycles. The van der Waals surface area contributed by atoms with Crippen molar-refractivity contribution < 1.29 is 4.42 Å². The molecule has 75 valence electrons. The predicted molar refractivity (Wildman–Crippen MR) is 66.6 cm³/mol. The third-order valence-corrected chi connectivity index (χ3v) is 1.73. The second-order valence-corrected chi connectivity index (χ2v) is 3.22. The first-order valence-corrected chi connectivity index (χ1v) is 4.66. The molecule has 15 heavy (non-hydrogen) atoms. The van der Waals surface area contributed by atoms with Gasteiger partial charge in [0.1, 0.15) is 0 Å². The van der Waals surface area contributed by atoms with Crippen molar-refractivity contribution in [2.75, 3.05) is 0 Å². The molecular weight excluding hydrogens is 185 g/mol. The van der Waals surface area contributed by atoms with Gasteiger partial charge >= 0.3 is 90.5 Å². The number of hydrogen-bond donors (Lipinski definition) is 0. The Morgan fingerprint density at radius 2 is 2.27 bits per heavy atom. The minimum atomic E-state index is 0.665. The summed E-state index contributed by atoms with van der Waals surface area (Å²) in [6, 6.07) is 1.80. The van der Waals surface area contributed by atoms with Gasteiger partial charge in [-0.1, -0.05) is 0 Å². The van der Waals surface area contributed by atoms with E-state index in [9.17, 15) is 0 Å². The standard InChI is InChI=1S/C12H13BNO/c1-4-5-11(14-9(2)3)12-10(8-13)6-7-15-12/h4-8H,1H2,2-3H3/b11-5-. The molecule has 0 atom stereocenters. The van der Waals surface area contributed by atoms with Crippen molar-refractivity contribution in [2.24, 2.45) is 4.99 Å². The van der Waals surface area contributed by atoms with Crippen molar-refractivity contribution in [3.05, 3.63) is 42.4 Å². The quantitative estimate of drug-likeness (QED) is 0.414. The van der Waals surface area contributed by atoms with Gasteiger partial charge in [-0.15, -0.1) is 0 Å². The topological polar surface area (TPSA) is 25.5 Å². The summed E-state index contributed by atoms with van der Waals surface area (Å²) in [5.74, 6) is 2.16. The van der Waals surface area contributed by atoms with Crippen LogP contribution in [0.15, 0.2) is 40.5 Å². The third kappa shape index (κ3) is 2.91. The summed E-state index contributed by atoms with van der Waals surface area (Å²) in [5.41, 5.74) is 2.50. The SMILES string of the molecule is [B]=Cc1ccoc1/C(=C/C=C)N=C(C)C. The van der Waals surface area contributed by atoms with Gasteiger partial charge in [-0.25, -0.2) is 0 Å². The summed E-state index contributed by atoms with van der Waals surface area (Å²) in [7, 11) is 5.47. The summed E-state index contributed by atoms with van der Waals surface area (Å²) >= 11 is 0. The fraction of sp³-hybridized carbons (Fsp3) is 0.167. The Morgan fingerprint density at radius 3 is 2.80 bits per heavy atom. The van der Waals surface area contributed by atoms with Crippen LogP contribution in [0.2, 0.25) is 0 Å². The molecule has 3 heteroatoms. The Bertz CT molecular complexity index is 423. The van der Waals surface area contributed by atoms with E-state index >= 15 is 0 Å². The van der Waals surface area contributed by atoms with Crippen LogP contribution in [-0.4, -0.2) is 19.2 Å². The van der Waals surface area contributed by atoms with Gasteiger partial charge in [-0.2, -0.15) is 0 Å². The molecular formula is C12H13BNO. The number of furan rings is 1. The van der Waals surface area contributed by atoms with Gasteiger partial charge in [0.15, 0.2) is 0 Å². The van der Waals surface area contributed by atoms with Crippen molar-refractivity contribution in [3.8, 4) is 0 Å². The molecule has 1 rings (SSSR count). The second kappa shape index (κ2) is 5.30. The van der Waals surface area contributed by atoms with Crippen molar-refractivity contribution >= 4 is 24.9 Å². The second-order valence-electron chi connectivity index (χ2n) is 3.22. The molecule has 0 bridgehead atoms.